The van der Waals surface area contributed by atoms with Crippen molar-refractivity contribution in [3.8, 4) is 0 Å². The second-order valence-corrected chi connectivity index (χ2v) is 4.02. The van der Waals surface area contributed by atoms with Crippen LogP contribution < -0.4 is 5.32 Å². The summed E-state index contributed by atoms with van der Waals surface area (Å²) < 4.78 is 2.06. The lowest BCUT2D eigenvalue weighted by Crippen LogP contribution is -2.11. The molecule has 0 aliphatic carbocycles. The lowest BCUT2D eigenvalue weighted by molar-refractivity contribution is 0.711. The summed E-state index contributed by atoms with van der Waals surface area (Å²) in [6.45, 7) is 4.70. The molecular formula is C10H14N4S. The highest BCUT2D eigenvalue weighted by atomic mass is 32.1. The molecule has 2 aromatic rings. The standard InChI is InChI=1S/C10H14N4S/c1-2-11-3-9-4-14(7-12-9)5-10-6-15-8-13-10/h4,6-8,11H,2-3,5H2,1H3. The van der Waals surface area contributed by atoms with Crippen molar-refractivity contribution in [2.45, 2.75) is 20.0 Å². The first-order chi connectivity index (χ1) is 7.38. The molecule has 0 fully saturated rings. The van der Waals surface area contributed by atoms with Crippen molar-refractivity contribution >= 4 is 11.3 Å². The summed E-state index contributed by atoms with van der Waals surface area (Å²) in [6, 6.07) is 0. The Hall–Kier alpha value is -1.20. The number of aromatic nitrogens is 3. The smallest absolute Gasteiger partial charge is 0.0953 e. The molecule has 0 atom stereocenters. The van der Waals surface area contributed by atoms with Gasteiger partial charge in [0.1, 0.15) is 0 Å². The van der Waals surface area contributed by atoms with Crippen LogP contribution in [0.5, 0.6) is 0 Å². The van der Waals surface area contributed by atoms with Gasteiger partial charge >= 0.3 is 0 Å². The summed E-state index contributed by atoms with van der Waals surface area (Å²) >= 11 is 1.62. The molecular weight excluding hydrogens is 208 g/mol. The molecule has 0 bridgehead atoms. The molecule has 0 unspecified atom stereocenters. The van der Waals surface area contributed by atoms with Crippen LogP contribution in [0.4, 0.5) is 0 Å². The van der Waals surface area contributed by atoms with Gasteiger partial charge in [0, 0.05) is 18.1 Å². The highest BCUT2D eigenvalue weighted by molar-refractivity contribution is 7.07. The maximum absolute atomic E-state index is 4.31. The van der Waals surface area contributed by atoms with Crippen LogP contribution in [-0.2, 0) is 13.1 Å². The van der Waals surface area contributed by atoms with E-state index in [1.807, 2.05) is 11.8 Å². The quantitative estimate of drug-likeness (QED) is 0.833. The first kappa shape index (κ1) is 10.3. The third-order valence-corrected chi connectivity index (χ3v) is 2.71. The SMILES string of the molecule is CCNCc1cn(Cc2cscn2)cn1. The van der Waals surface area contributed by atoms with Gasteiger partial charge in [-0.25, -0.2) is 9.97 Å². The molecule has 0 aromatic carbocycles. The second-order valence-electron chi connectivity index (χ2n) is 3.30. The average molecular weight is 222 g/mol. The predicted molar refractivity (Wildman–Crippen MR) is 60.8 cm³/mol. The van der Waals surface area contributed by atoms with Crippen molar-refractivity contribution in [2.75, 3.05) is 6.54 Å². The van der Waals surface area contributed by atoms with Gasteiger partial charge in [-0.3, -0.25) is 0 Å². The van der Waals surface area contributed by atoms with E-state index in [1.165, 1.54) is 0 Å². The van der Waals surface area contributed by atoms with Crippen molar-refractivity contribution < 1.29 is 0 Å². The first-order valence-corrected chi connectivity index (χ1v) is 5.91. The fourth-order valence-electron chi connectivity index (χ4n) is 1.34. The molecule has 2 rings (SSSR count). The Bertz CT molecular complexity index is 393. The fraction of sp³-hybridized carbons (Fsp3) is 0.400. The zero-order valence-corrected chi connectivity index (χ0v) is 9.50. The summed E-state index contributed by atoms with van der Waals surface area (Å²) in [5.41, 5.74) is 4.02. The van der Waals surface area contributed by atoms with Crippen molar-refractivity contribution in [2.24, 2.45) is 0 Å². The van der Waals surface area contributed by atoms with Gasteiger partial charge in [0.2, 0.25) is 0 Å². The van der Waals surface area contributed by atoms with Gasteiger partial charge in [-0.2, -0.15) is 0 Å². The molecule has 0 amide bonds. The summed E-state index contributed by atoms with van der Waals surface area (Å²) in [5, 5.41) is 5.31. The van der Waals surface area contributed by atoms with E-state index in [0.717, 1.165) is 31.0 Å². The predicted octanol–water partition coefficient (Wildman–Crippen LogP) is 1.50. The van der Waals surface area contributed by atoms with E-state index in [9.17, 15) is 0 Å². The topological polar surface area (TPSA) is 42.7 Å². The molecule has 5 heteroatoms. The van der Waals surface area contributed by atoms with Gasteiger partial charge in [0.25, 0.3) is 0 Å². The number of nitrogens with zero attached hydrogens (tertiary/aromatic N) is 3. The van der Waals surface area contributed by atoms with Gasteiger partial charge in [0.05, 0.1) is 29.8 Å². The summed E-state index contributed by atoms with van der Waals surface area (Å²) in [7, 11) is 0. The van der Waals surface area contributed by atoms with E-state index in [4.69, 9.17) is 0 Å². The van der Waals surface area contributed by atoms with Gasteiger partial charge in [0.15, 0.2) is 0 Å². The molecule has 2 heterocycles. The zero-order valence-electron chi connectivity index (χ0n) is 8.68. The van der Waals surface area contributed by atoms with E-state index in [2.05, 4.69) is 38.4 Å². The minimum absolute atomic E-state index is 0.808. The monoisotopic (exact) mass is 222 g/mol. The van der Waals surface area contributed by atoms with Crippen LogP contribution in [0.3, 0.4) is 0 Å². The number of nitrogens with one attached hydrogen (secondary N) is 1. The minimum Gasteiger partial charge on any atom is -0.331 e. The molecule has 15 heavy (non-hydrogen) atoms. The number of rotatable bonds is 5. The molecule has 0 aliphatic rings. The van der Waals surface area contributed by atoms with Crippen LogP contribution in [0, 0.1) is 0 Å². The lowest BCUT2D eigenvalue weighted by atomic mass is 10.4. The summed E-state index contributed by atoms with van der Waals surface area (Å²) in [5.74, 6) is 0. The van der Waals surface area contributed by atoms with Gasteiger partial charge < -0.3 is 9.88 Å². The van der Waals surface area contributed by atoms with E-state index in [-0.39, 0.29) is 0 Å². The zero-order chi connectivity index (χ0) is 10.5. The van der Waals surface area contributed by atoms with Crippen molar-refractivity contribution in [3.05, 3.63) is 34.8 Å². The Morgan fingerprint density at radius 1 is 1.40 bits per heavy atom. The highest BCUT2D eigenvalue weighted by Gasteiger charge is 2.00. The van der Waals surface area contributed by atoms with Crippen LogP contribution in [0.2, 0.25) is 0 Å². The molecule has 0 saturated carbocycles. The Balaban J connectivity index is 1.95. The Kier molecular flexibility index (Phi) is 3.47. The molecule has 80 valence electrons. The number of hydrogen-bond donors (Lipinski definition) is 1. The molecule has 2 aromatic heterocycles. The molecule has 4 nitrogen and oxygen atoms in total. The highest BCUT2D eigenvalue weighted by Crippen LogP contribution is 2.04. The average Bonchev–Trinajstić information content (AvgIpc) is 2.87. The first-order valence-electron chi connectivity index (χ1n) is 4.97. The Morgan fingerprint density at radius 2 is 2.33 bits per heavy atom. The van der Waals surface area contributed by atoms with Crippen LogP contribution in [-0.4, -0.2) is 21.1 Å². The van der Waals surface area contributed by atoms with Crippen LogP contribution >= 0.6 is 11.3 Å². The summed E-state index contributed by atoms with van der Waals surface area (Å²) in [4.78, 5) is 8.55. The number of thiazole rings is 1. The van der Waals surface area contributed by atoms with E-state index >= 15 is 0 Å². The third kappa shape index (κ3) is 2.87. The number of hydrogen-bond acceptors (Lipinski definition) is 4. The van der Waals surface area contributed by atoms with Crippen molar-refractivity contribution in [3.63, 3.8) is 0 Å². The third-order valence-electron chi connectivity index (χ3n) is 2.07. The molecule has 0 radical (unpaired) electrons. The van der Waals surface area contributed by atoms with Crippen LogP contribution in [0.15, 0.2) is 23.4 Å². The molecule has 0 saturated heterocycles. The molecule has 1 N–H and O–H groups in total. The molecule has 0 spiro atoms. The van der Waals surface area contributed by atoms with Gasteiger partial charge in [-0.1, -0.05) is 6.92 Å². The lowest BCUT2D eigenvalue weighted by Gasteiger charge is -1.97. The number of imidazole rings is 1. The Morgan fingerprint density at radius 3 is 3.07 bits per heavy atom. The van der Waals surface area contributed by atoms with E-state index in [1.54, 1.807) is 11.3 Å². The van der Waals surface area contributed by atoms with E-state index in [0.29, 0.717) is 0 Å². The van der Waals surface area contributed by atoms with Gasteiger partial charge in [-0.15, -0.1) is 11.3 Å². The fourth-order valence-corrected chi connectivity index (χ4v) is 1.89. The summed E-state index contributed by atoms with van der Waals surface area (Å²) in [6.07, 6.45) is 3.91. The van der Waals surface area contributed by atoms with Gasteiger partial charge in [-0.05, 0) is 6.54 Å². The van der Waals surface area contributed by atoms with E-state index < -0.39 is 0 Å². The maximum atomic E-state index is 4.31. The second kappa shape index (κ2) is 5.04. The Labute approximate surface area is 93.0 Å². The van der Waals surface area contributed by atoms with Crippen LogP contribution in [0.25, 0.3) is 0 Å². The maximum Gasteiger partial charge on any atom is 0.0953 e. The van der Waals surface area contributed by atoms with Crippen molar-refractivity contribution in [1.82, 2.24) is 19.9 Å². The minimum atomic E-state index is 0.808. The van der Waals surface area contributed by atoms with Crippen molar-refractivity contribution in [1.29, 1.82) is 0 Å². The van der Waals surface area contributed by atoms with Crippen LogP contribution in [0.1, 0.15) is 18.3 Å². The largest absolute Gasteiger partial charge is 0.331 e. The molecule has 0 aliphatic heterocycles. The normalized spacial score (nSPS) is 10.7.